The van der Waals surface area contributed by atoms with Gasteiger partial charge >= 0.3 is 7.60 Å². The zero-order valence-corrected chi connectivity index (χ0v) is 20.5. The van der Waals surface area contributed by atoms with Crippen LogP contribution in [0.15, 0.2) is 40.3 Å². The first-order chi connectivity index (χ1) is 14.9. The molecule has 1 aliphatic rings. The van der Waals surface area contributed by atoms with E-state index in [1.165, 1.54) is 0 Å². The number of benzene rings is 1. The number of hydrogen-bond acceptors (Lipinski definition) is 7. The molecule has 0 spiro atoms. The largest absolute Gasteiger partial charge is 0.480 e. The van der Waals surface area contributed by atoms with Crippen molar-refractivity contribution in [1.29, 1.82) is 0 Å². The van der Waals surface area contributed by atoms with Crippen molar-refractivity contribution in [3.63, 3.8) is 0 Å². The first-order valence-corrected chi connectivity index (χ1v) is 12.9. The van der Waals surface area contributed by atoms with Gasteiger partial charge in [-0.15, -0.1) is 0 Å². The van der Waals surface area contributed by atoms with Crippen LogP contribution in [0.4, 0.5) is 0 Å². The van der Waals surface area contributed by atoms with Crippen LogP contribution in [0.25, 0.3) is 0 Å². The molecule has 0 fully saturated rings. The number of ether oxygens (including phenoxy) is 2. The molecule has 0 amide bonds. The van der Waals surface area contributed by atoms with E-state index < -0.39 is 19.3 Å². The smallest absolute Gasteiger partial charge is 0.338 e. The predicted molar refractivity (Wildman–Crippen MR) is 125 cm³/mol. The highest BCUT2D eigenvalue weighted by Gasteiger charge is 2.41. The van der Waals surface area contributed by atoms with E-state index in [4.69, 9.17) is 28.5 Å². The Hall–Kier alpha value is -1.69. The molecule has 8 heteroatoms. The summed E-state index contributed by atoms with van der Waals surface area (Å²) >= 11 is 0. The van der Waals surface area contributed by atoms with Gasteiger partial charge in [0.25, 0.3) is 0 Å². The Morgan fingerprint density at radius 1 is 0.871 bits per heavy atom. The zero-order chi connectivity index (χ0) is 22.9. The summed E-state index contributed by atoms with van der Waals surface area (Å²) in [5, 5.41) is 0. The van der Waals surface area contributed by atoms with Crippen LogP contribution in [-0.2, 0) is 23.1 Å². The highest BCUT2D eigenvalue weighted by atomic mass is 31.2. The van der Waals surface area contributed by atoms with Crippen LogP contribution < -0.4 is 0 Å². The van der Waals surface area contributed by atoms with Gasteiger partial charge in [0.2, 0.25) is 11.8 Å². The molecule has 0 saturated carbocycles. The predicted octanol–water partition coefficient (Wildman–Crippen LogP) is 5.66. The average Bonchev–Trinajstić information content (AvgIpc) is 2.74. The van der Waals surface area contributed by atoms with Gasteiger partial charge in [-0.1, -0.05) is 44.2 Å². The molecule has 1 aromatic carbocycles. The highest BCUT2D eigenvalue weighted by Crippen LogP contribution is 2.63. The molecule has 3 atom stereocenters. The average molecular weight is 453 g/mol. The van der Waals surface area contributed by atoms with Gasteiger partial charge in [0.15, 0.2) is 0 Å². The van der Waals surface area contributed by atoms with Crippen molar-refractivity contribution in [1.82, 2.24) is 0 Å². The summed E-state index contributed by atoms with van der Waals surface area (Å²) in [6.07, 6.45) is 0.377. The fourth-order valence-corrected chi connectivity index (χ4v) is 5.76. The number of nitrogens with zero attached hydrogens (tertiary/aromatic N) is 2. The van der Waals surface area contributed by atoms with Gasteiger partial charge in [-0.3, -0.25) is 4.57 Å². The monoisotopic (exact) mass is 452 g/mol. The van der Waals surface area contributed by atoms with E-state index in [0.29, 0.717) is 44.6 Å². The number of hydrogen-bond donors (Lipinski definition) is 0. The Kier molecular flexibility index (Phi) is 10.2. The quantitative estimate of drug-likeness (QED) is 0.405. The molecule has 1 heterocycles. The minimum Gasteiger partial charge on any atom is -0.480 e. The maximum Gasteiger partial charge on any atom is 0.338 e. The summed E-state index contributed by atoms with van der Waals surface area (Å²) < 4.78 is 37.0. The maximum atomic E-state index is 13.8. The Balaban J connectivity index is 2.49. The van der Waals surface area contributed by atoms with E-state index in [-0.39, 0.29) is 12.0 Å². The number of aliphatic imine (C=N–C) groups is 2. The van der Waals surface area contributed by atoms with Gasteiger partial charge in [0.1, 0.15) is 12.1 Å². The Morgan fingerprint density at radius 3 is 1.97 bits per heavy atom. The van der Waals surface area contributed by atoms with Gasteiger partial charge in [-0.05, 0) is 45.6 Å². The van der Waals surface area contributed by atoms with Crippen molar-refractivity contribution < 1.29 is 23.1 Å². The molecule has 7 nitrogen and oxygen atoms in total. The fourth-order valence-electron chi connectivity index (χ4n) is 3.61. The summed E-state index contributed by atoms with van der Waals surface area (Å²) in [6, 6.07) is 9.03. The molecule has 0 aromatic heterocycles. The standard InChI is InChI=1S/C23H37N2O5P/c1-7-27-22-19(24-23(28-8-2)21(25-22)17(5)6)16-20(18-14-12-11-13-15-18)31(26,29-9-3)30-10-4/h11-15,17,19-21H,7-10,16H2,1-6H3/t19-,20-,21+/m0/s1. The highest BCUT2D eigenvalue weighted by molar-refractivity contribution is 7.54. The second-order valence-electron chi connectivity index (χ2n) is 7.54. The van der Waals surface area contributed by atoms with Crippen LogP contribution in [0.1, 0.15) is 59.2 Å². The van der Waals surface area contributed by atoms with Gasteiger partial charge in [-0.25, -0.2) is 9.98 Å². The normalized spacial score (nSPS) is 20.2. The van der Waals surface area contributed by atoms with E-state index in [2.05, 4.69) is 13.8 Å². The molecule has 0 bridgehead atoms. The van der Waals surface area contributed by atoms with Crippen LogP contribution in [0.5, 0.6) is 0 Å². The third-order valence-corrected chi connectivity index (χ3v) is 7.44. The third kappa shape index (κ3) is 6.64. The molecule has 0 unspecified atom stereocenters. The summed E-state index contributed by atoms with van der Waals surface area (Å²) in [6.45, 7) is 13.2. The summed E-state index contributed by atoms with van der Waals surface area (Å²) in [7, 11) is -3.45. The van der Waals surface area contributed by atoms with Gasteiger partial charge in [0, 0.05) is 0 Å². The van der Waals surface area contributed by atoms with E-state index in [0.717, 1.165) is 5.56 Å². The van der Waals surface area contributed by atoms with E-state index in [1.807, 2.05) is 58.0 Å². The zero-order valence-electron chi connectivity index (χ0n) is 19.6. The van der Waals surface area contributed by atoms with Crippen LogP contribution >= 0.6 is 7.60 Å². The van der Waals surface area contributed by atoms with Crippen LogP contribution in [-0.4, -0.2) is 50.3 Å². The molecule has 0 N–H and O–H groups in total. The summed E-state index contributed by atoms with van der Waals surface area (Å²) in [5.74, 6) is 1.36. The molecular formula is C23H37N2O5P. The summed E-state index contributed by atoms with van der Waals surface area (Å²) in [5.41, 5.74) is 0.370. The van der Waals surface area contributed by atoms with Crippen molar-refractivity contribution >= 4 is 19.4 Å². The first-order valence-electron chi connectivity index (χ1n) is 11.2. The lowest BCUT2D eigenvalue weighted by atomic mass is 10.00. The Morgan fingerprint density at radius 2 is 1.45 bits per heavy atom. The topological polar surface area (TPSA) is 78.7 Å². The summed E-state index contributed by atoms with van der Waals surface area (Å²) in [4.78, 5) is 9.72. The van der Waals surface area contributed by atoms with Crippen molar-refractivity contribution in [2.24, 2.45) is 15.9 Å². The fraction of sp³-hybridized carbons (Fsp3) is 0.652. The maximum absolute atomic E-state index is 13.8. The second kappa shape index (κ2) is 12.4. The lowest BCUT2D eigenvalue weighted by molar-refractivity contribution is 0.209. The second-order valence-corrected chi connectivity index (χ2v) is 9.76. The van der Waals surface area contributed by atoms with Gasteiger partial charge in [-0.2, -0.15) is 0 Å². The molecule has 0 saturated heterocycles. The van der Waals surface area contributed by atoms with Crippen molar-refractivity contribution in [2.45, 2.75) is 65.7 Å². The van der Waals surface area contributed by atoms with Crippen LogP contribution in [0.2, 0.25) is 0 Å². The number of rotatable bonds is 11. The lowest BCUT2D eigenvalue weighted by Gasteiger charge is -2.32. The molecule has 0 radical (unpaired) electrons. The Labute approximate surface area is 186 Å². The van der Waals surface area contributed by atoms with Crippen molar-refractivity contribution in [3.8, 4) is 0 Å². The minimum absolute atomic E-state index is 0.196. The molecule has 31 heavy (non-hydrogen) atoms. The van der Waals surface area contributed by atoms with Crippen molar-refractivity contribution in [3.05, 3.63) is 35.9 Å². The van der Waals surface area contributed by atoms with E-state index >= 15 is 0 Å². The van der Waals surface area contributed by atoms with Crippen molar-refractivity contribution in [2.75, 3.05) is 26.4 Å². The van der Waals surface area contributed by atoms with Gasteiger partial charge in [0.05, 0.1) is 32.1 Å². The molecule has 174 valence electrons. The van der Waals surface area contributed by atoms with Gasteiger partial charge < -0.3 is 18.5 Å². The van der Waals surface area contributed by atoms with E-state index in [1.54, 1.807) is 0 Å². The molecule has 1 aliphatic heterocycles. The van der Waals surface area contributed by atoms with E-state index in [9.17, 15) is 4.57 Å². The lowest BCUT2D eigenvalue weighted by Crippen LogP contribution is -2.39. The molecule has 1 aromatic rings. The third-order valence-electron chi connectivity index (χ3n) is 4.93. The SMILES string of the molecule is CCOC1=N[C@H](C(C)C)C(OCC)=N[C@H]1C[C@@H](c1ccccc1)P(=O)(OCC)OCC. The van der Waals surface area contributed by atoms with Crippen LogP contribution in [0, 0.1) is 5.92 Å². The minimum atomic E-state index is -3.45. The molecule has 2 rings (SSSR count). The molecular weight excluding hydrogens is 415 g/mol. The van der Waals surface area contributed by atoms with Crippen LogP contribution in [0.3, 0.4) is 0 Å². The molecule has 0 aliphatic carbocycles. The Bertz CT molecular complexity index is 771. The first kappa shape index (κ1) is 25.6.